The normalized spacial score (nSPS) is 10.2. The van der Waals surface area contributed by atoms with Crippen LogP contribution in [0.15, 0.2) is 0 Å². The van der Waals surface area contributed by atoms with E-state index in [0.29, 0.717) is 0 Å². The Morgan fingerprint density at radius 1 is 0.283 bits per heavy atom. The molecule has 53 heavy (non-hydrogen) atoms. The third-order valence-electron chi connectivity index (χ3n) is 9.68. The van der Waals surface area contributed by atoms with Crippen molar-refractivity contribution in [3.05, 3.63) is 13.8 Å². The van der Waals surface area contributed by atoms with Crippen LogP contribution >= 0.6 is 0 Å². The van der Waals surface area contributed by atoms with E-state index in [1.807, 2.05) is 0 Å². The molecule has 0 N–H and O–H groups in total. The first kappa shape index (κ1) is 61.9. The summed E-state index contributed by atoms with van der Waals surface area (Å²) in [6.45, 7) is 16.6. The maximum absolute atomic E-state index is 10.2. The fourth-order valence-corrected chi connectivity index (χ4v) is 6.13. The summed E-state index contributed by atoms with van der Waals surface area (Å²) in [6.07, 6.45) is 49.8. The monoisotopic (exact) mass is 857 g/mol. The molecule has 0 heterocycles. The quantitative estimate of drug-likeness (QED) is 0.0458. The van der Waals surface area contributed by atoms with Gasteiger partial charge in [-0.3, -0.25) is 0 Å². The fourth-order valence-electron chi connectivity index (χ4n) is 6.13. The number of carbonyl (C=O) groups excluding carboxylic acids is 2. The Balaban J connectivity index is -0.000000205. The number of hydrogen-bond acceptors (Lipinski definition) is 2. The van der Waals surface area contributed by atoms with Crippen LogP contribution in [-0.4, -0.2) is 35.8 Å². The summed E-state index contributed by atoms with van der Waals surface area (Å²) >= 11 is 0. The second-order valence-electron chi connectivity index (χ2n) is 15.3. The molecule has 316 valence electrons. The van der Waals surface area contributed by atoms with Gasteiger partial charge in [0, 0.05) is 23.9 Å². The zero-order valence-electron chi connectivity index (χ0n) is 36.8. The van der Waals surface area contributed by atoms with Gasteiger partial charge in [0.15, 0.2) is 0 Å². The predicted molar refractivity (Wildman–Crippen MR) is 235 cm³/mol. The third-order valence-corrected chi connectivity index (χ3v) is 9.68. The molecule has 0 rings (SSSR count). The molecular weight excluding hydrogens is 759 g/mol. The molecule has 0 aromatic heterocycles. The minimum absolute atomic E-state index is 0. The summed E-state index contributed by atoms with van der Waals surface area (Å²) in [5.41, 5.74) is 0. The van der Waals surface area contributed by atoms with Gasteiger partial charge in [0.2, 0.25) is 0 Å². The molecule has 4 nitrogen and oxygen atoms in total. The van der Waals surface area contributed by atoms with Crippen LogP contribution in [0.2, 0.25) is 0 Å². The summed E-state index contributed by atoms with van der Waals surface area (Å²) in [6, 6.07) is 0. The van der Waals surface area contributed by atoms with Crippen molar-refractivity contribution in [1.29, 1.82) is 0 Å². The molecular formula is C48H96O4Sn. The second-order valence-corrected chi connectivity index (χ2v) is 15.3. The maximum Gasteiger partial charge on any atom is 0.355 e. The van der Waals surface area contributed by atoms with Gasteiger partial charge in [0.1, 0.15) is 0 Å². The molecule has 0 amide bonds. The Hall–Kier alpha value is -0.261. The van der Waals surface area contributed by atoms with Crippen LogP contribution in [0.4, 0.5) is 0 Å². The van der Waals surface area contributed by atoms with Crippen molar-refractivity contribution in [3.63, 3.8) is 0 Å². The van der Waals surface area contributed by atoms with Crippen LogP contribution in [0.5, 0.6) is 0 Å². The smallest absolute Gasteiger partial charge is 0.247 e. The largest absolute Gasteiger partial charge is 0.355 e. The van der Waals surface area contributed by atoms with Crippen LogP contribution in [0.3, 0.4) is 0 Å². The second kappa shape index (κ2) is 63.7. The molecule has 0 bridgehead atoms. The van der Waals surface area contributed by atoms with Gasteiger partial charge < -0.3 is 0 Å². The molecule has 0 spiro atoms. The van der Waals surface area contributed by atoms with Gasteiger partial charge in [-0.2, -0.15) is 0 Å². The number of hydrogen-bond donors (Lipinski definition) is 0. The summed E-state index contributed by atoms with van der Waals surface area (Å²) in [5.74, 6) is -1.81. The summed E-state index contributed by atoms with van der Waals surface area (Å²) in [4.78, 5) is 20.4. The van der Waals surface area contributed by atoms with E-state index in [-0.39, 0.29) is 36.7 Å². The van der Waals surface area contributed by atoms with Crippen LogP contribution in [0.25, 0.3) is 0 Å². The van der Waals surface area contributed by atoms with Gasteiger partial charge in [0.25, 0.3) is 0 Å². The molecule has 8 radical (unpaired) electrons. The van der Waals surface area contributed by atoms with Crippen molar-refractivity contribution >= 4 is 35.8 Å². The molecule has 0 unspecified atom stereocenters. The van der Waals surface area contributed by atoms with Gasteiger partial charge in [-0.25, -0.2) is 19.8 Å². The number of rotatable bonds is 38. The van der Waals surface area contributed by atoms with Crippen molar-refractivity contribution in [3.8, 4) is 0 Å². The Kier molecular flexibility index (Phi) is 74.4. The average Bonchev–Trinajstić information content (AvgIpc) is 3.13. The minimum atomic E-state index is -0.905. The molecule has 0 aliphatic carbocycles. The van der Waals surface area contributed by atoms with Gasteiger partial charge in [0.05, 0.1) is 12.8 Å². The van der Waals surface area contributed by atoms with E-state index >= 15 is 0 Å². The van der Waals surface area contributed by atoms with E-state index in [4.69, 9.17) is 0 Å². The Bertz CT molecular complexity index is 548. The Morgan fingerprint density at radius 2 is 0.434 bits per heavy atom. The average molecular weight is 856 g/mol. The van der Waals surface area contributed by atoms with Crippen molar-refractivity contribution in [1.82, 2.24) is 0 Å². The molecule has 0 saturated carbocycles. The van der Waals surface area contributed by atoms with Crippen molar-refractivity contribution in [2.24, 2.45) is 0 Å². The third kappa shape index (κ3) is 81.1. The predicted octanol–water partition coefficient (Wildman–Crippen LogP) is 16.8. The fraction of sp³-hybridized carbons (Fsp3) is 0.917. The van der Waals surface area contributed by atoms with Crippen LogP contribution in [0.1, 0.15) is 285 Å². The Labute approximate surface area is 352 Å². The molecule has 0 aliphatic heterocycles. The first-order valence-electron chi connectivity index (χ1n) is 23.4. The molecule has 0 atom stereocenters. The van der Waals surface area contributed by atoms with E-state index in [0.717, 1.165) is 38.5 Å². The summed E-state index contributed by atoms with van der Waals surface area (Å²) in [7, 11) is 0. The van der Waals surface area contributed by atoms with Crippen LogP contribution < -0.4 is 0 Å². The van der Waals surface area contributed by atoms with E-state index in [9.17, 15) is 19.8 Å². The van der Waals surface area contributed by atoms with Crippen LogP contribution in [0, 0.1) is 13.8 Å². The summed E-state index contributed by atoms with van der Waals surface area (Å²) in [5, 5.41) is 20.4. The zero-order valence-corrected chi connectivity index (χ0v) is 39.7. The molecule has 0 fully saturated rings. The number of carbonyl (C=O) groups is 2. The van der Waals surface area contributed by atoms with Crippen LogP contribution in [-0.2, 0) is 19.8 Å². The first-order chi connectivity index (χ1) is 25.4. The van der Waals surface area contributed by atoms with E-state index in [2.05, 4.69) is 41.5 Å². The molecule has 0 aliphatic rings. The molecule has 0 aromatic rings. The standard InChI is InChI=1S/2C16H31O2.2C8H17.Sn/c2*1-2-3-4-5-6-7-8-9-10-11-12-13-14-15-16(17)18;2*1-3-5-7-8-6-4-2;/h2*2-15H2,1H3;2*1,3-8H2,2H3;. The molecule has 0 saturated heterocycles. The number of unbranched alkanes of at least 4 members (excludes halogenated alkanes) is 34. The van der Waals surface area contributed by atoms with Crippen molar-refractivity contribution in [2.45, 2.75) is 285 Å². The molecule has 5 heteroatoms. The first-order valence-corrected chi connectivity index (χ1v) is 23.4. The SMILES string of the molecule is CCCCCCCCCCCCCCCC([O])=O.CCCCCCCCCCCCCCCC([O])=O.[CH2]CCCCCCC.[CH2]CCCCCCC.[Sn]. The maximum atomic E-state index is 10.2. The van der Waals surface area contributed by atoms with E-state index in [1.54, 1.807) is 0 Å². The van der Waals surface area contributed by atoms with Gasteiger partial charge in [-0.15, -0.1) is 0 Å². The zero-order chi connectivity index (χ0) is 39.4. The van der Waals surface area contributed by atoms with Crippen molar-refractivity contribution in [2.75, 3.05) is 0 Å². The Morgan fingerprint density at radius 3 is 0.585 bits per heavy atom. The van der Waals surface area contributed by atoms with Gasteiger partial charge in [-0.1, -0.05) is 273 Å². The van der Waals surface area contributed by atoms with E-state index in [1.165, 1.54) is 205 Å². The summed E-state index contributed by atoms with van der Waals surface area (Å²) < 4.78 is 0. The van der Waals surface area contributed by atoms with Crippen molar-refractivity contribution < 1.29 is 19.8 Å². The molecule has 0 aromatic carbocycles. The topological polar surface area (TPSA) is 73.9 Å². The minimum Gasteiger partial charge on any atom is -0.247 e. The van der Waals surface area contributed by atoms with E-state index < -0.39 is 11.9 Å². The van der Waals surface area contributed by atoms with Gasteiger partial charge in [-0.05, 0) is 12.8 Å². The van der Waals surface area contributed by atoms with Gasteiger partial charge >= 0.3 is 11.9 Å².